The molecule has 0 fully saturated rings. The van der Waals surface area contributed by atoms with E-state index < -0.39 is 0 Å². The molecule has 0 radical (unpaired) electrons. The van der Waals surface area contributed by atoms with E-state index in [1.54, 1.807) is 18.3 Å². The highest BCUT2D eigenvalue weighted by Crippen LogP contribution is 2.25. The molecule has 0 aliphatic rings. The predicted octanol–water partition coefficient (Wildman–Crippen LogP) is 3.20. The fourth-order valence-corrected chi connectivity index (χ4v) is 2.52. The van der Waals surface area contributed by atoms with Gasteiger partial charge in [-0.3, -0.25) is 4.40 Å². The molecule has 0 amide bonds. The number of ether oxygens (including phenoxy) is 1. The molecule has 0 aliphatic carbocycles. The number of aromatic nitrogens is 3. The van der Waals surface area contributed by atoms with Gasteiger partial charge in [0, 0.05) is 12.1 Å². The molecule has 0 aromatic carbocycles. The summed E-state index contributed by atoms with van der Waals surface area (Å²) in [5.41, 5.74) is 1.29. The van der Waals surface area contributed by atoms with Crippen LogP contribution >= 0.6 is 0 Å². The number of carbonyl (C=O) groups excluding carboxylic acids is 1. The summed E-state index contributed by atoms with van der Waals surface area (Å²) in [5.74, 6) is 0.983. The van der Waals surface area contributed by atoms with Crippen LogP contribution < -0.4 is 0 Å². The Bertz CT molecular complexity index is 586. The van der Waals surface area contributed by atoms with E-state index in [0.29, 0.717) is 11.5 Å². The van der Waals surface area contributed by atoms with Crippen LogP contribution in [-0.4, -0.2) is 27.7 Å². The number of pyridine rings is 1. The number of fused-ring (bicyclic) bond motifs is 1. The second-order valence-corrected chi connectivity index (χ2v) is 4.97. The molecule has 0 unspecified atom stereocenters. The lowest BCUT2D eigenvalue weighted by atomic mass is 9.97. The molecule has 2 heterocycles. The minimum atomic E-state index is -0.339. The van der Waals surface area contributed by atoms with Gasteiger partial charge in [-0.1, -0.05) is 26.7 Å². The molecular formula is C15H21N3O2. The summed E-state index contributed by atoms with van der Waals surface area (Å²) < 4.78 is 6.68. The zero-order valence-corrected chi connectivity index (χ0v) is 12.3. The van der Waals surface area contributed by atoms with E-state index in [2.05, 4.69) is 24.0 Å². The van der Waals surface area contributed by atoms with Crippen LogP contribution in [0, 0.1) is 0 Å². The predicted molar refractivity (Wildman–Crippen MR) is 76.9 cm³/mol. The third-order valence-corrected chi connectivity index (χ3v) is 3.49. The van der Waals surface area contributed by atoms with Gasteiger partial charge in [-0.25, -0.2) is 4.79 Å². The molecule has 0 atom stereocenters. The maximum atomic E-state index is 11.6. The van der Waals surface area contributed by atoms with E-state index in [4.69, 9.17) is 4.74 Å². The first-order valence-electron chi connectivity index (χ1n) is 7.14. The number of hydrogen-bond donors (Lipinski definition) is 0. The molecule has 0 saturated carbocycles. The number of nitrogens with zero attached hydrogens (tertiary/aromatic N) is 3. The minimum Gasteiger partial charge on any atom is -0.465 e. The van der Waals surface area contributed by atoms with Crippen molar-refractivity contribution in [3.63, 3.8) is 0 Å². The topological polar surface area (TPSA) is 56.5 Å². The summed E-state index contributed by atoms with van der Waals surface area (Å²) in [6, 6.07) is 3.52. The number of esters is 1. The van der Waals surface area contributed by atoms with Crippen molar-refractivity contribution < 1.29 is 9.53 Å². The number of hydrogen-bond acceptors (Lipinski definition) is 4. The van der Waals surface area contributed by atoms with Gasteiger partial charge >= 0.3 is 5.97 Å². The highest BCUT2D eigenvalue weighted by atomic mass is 16.5. The van der Waals surface area contributed by atoms with E-state index in [-0.39, 0.29) is 5.97 Å². The molecule has 0 bridgehead atoms. The van der Waals surface area contributed by atoms with Gasteiger partial charge in [-0.05, 0) is 25.0 Å². The van der Waals surface area contributed by atoms with E-state index in [9.17, 15) is 4.79 Å². The third-order valence-electron chi connectivity index (χ3n) is 3.49. The van der Waals surface area contributed by atoms with Crippen LogP contribution in [0.3, 0.4) is 0 Å². The fourth-order valence-electron chi connectivity index (χ4n) is 2.52. The SMILES string of the molecule is CCCC(CCC)c1nnc2ccc(C(=O)OC)cn12. The molecule has 20 heavy (non-hydrogen) atoms. The highest BCUT2D eigenvalue weighted by Gasteiger charge is 2.18. The molecule has 0 spiro atoms. The van der Waals surface area contributed by atoms with Crippen LogP contribution in [0.15, 0.2) is 18.3 Å². The van der Waals surface area contributed by atoms with Gasteiger partial charge in [-0.15, -0.1) is 10.2 Å². The summed E-state index contributed by atoms with van der Waals surface area (Å²) in [5, 5.41) is 8.51. The van der Waals surface area contributed by atoms with Crippen LogP contribution in [0.5, 0.6) is 0 Å². The Morgan fingerprint density at radius 2 is 1.95 bits per heavy atom. The van der Waals surface area contributed by atoms with E-state index in [1.165, 1.54) is 7.11 Å². The first-order chi connectivity index (χ1) is 9.71. The lowest BCUT2D eigenvalue weighted by Crippen LogP contribution is -2.07. The third kappa shape index (κ3) is 2.81. The average molecular weight is 275 g/mol. The summed E-state index contributed by atoms with van der Waals surface area (Å²) >= 11 is 0. The van der Waals surface area contributed by atoms with Crippen LogP contribution in [0.4, 0.5) is 0 Å². The Hall–Kier alpha value is -1.91. The Kier molecular flexibility index (Phi) is 4.71. The molecule has 2 aromatic rings. The smallest absolute Gasteiger partial charge is 0.339 e. The lowest BCUT2D eigenvalue weighted by molar-refractivity contribution is 0.0600. The van der Waals surface area contributed by atoms with Gasteiger partial charge in [0.1, 0.15) is 5.82 Å². The van der Waals surface area contributed by atoms with Gasteiger partial charge in [0.2, 0.25) is 0 Å². The molecular weight excluding hydrogens is 254 g/mol. The van der Waals surface area contributed by atoms with Crippen molar-refractivity contribution in [1.82, 2.24) is 14.6 Å². The average Bonchev–Trinajstić information content (AvgIpc) is 2.89. The highest BCUT2D eigenvalue weighted by molar-refractivity contribution is 5.89. The standard InChI is InChI=1S/C15H21N3O2/c1-4-6-11(7-5-2)14-17-16-13-9-8-12(10-18(13)14)15(19)20-3/h8-11H,4-7H2,1-3H3. The van der Waals surface area contributed by atoms with Crippen LogP contribution in [0.1, 0.15) is 61.6 Å². The van der Waals surface area contributed by atoms with Gasteiger partial charge in [0.05, 0.1) is 12.7 Å². The molecule has 108 valence electrons. The number of carbonyl (C=O) groups is 1. The minimum absolute atomic E-state index is 0.339. The maximum Gasteiger partial charge on any atom is 0.339 e. The summed E-state index contributed by atoms with van der Waals surface area (Å²) in [4.78, 5) is 11.6. The molecule has 0 aliphatic heterocycles. The lowest BCUT2D eigenvalue weighted by Gasteiger charge is -2.13. The second-order valence-electron chi connectivity index (χ2n) is 4.97. The Morgan fingerprint density at radius 3 is 2.55 bits per heavy atom. The normalized spacial score (nSPS) is 11.2. The van der Waals surface area contributed by atoms with E-state index >= 15 is 0 Å². The zero-order chi connectivity index (χ0) is 14.5. The number of methoxy groups -OCH3 is 1. The quantitative estimate of drug-likeness (QED) is 0.760. The van der Waals surface area contributed by atoms with Gasteiger partial charge in [0.15, 0.2) is 5.65 Å². The molecule has 0 N–H and O–H groups in total. The van der Waals surface area contributed by atoms with Crippen molar-refractivity contribution in [2.24, 2.45) is 0 Å². The second kappa shape index (κ2) is 6.50. The van der Waals surface area contributed by atoms with Gasteiger partial charge < -0.3 is 4.74 Å². The Balaban J connectivity index is 2.44. The molecule has 5 heteroatoms. The zero-order valence-electron chi connectivity index (χ0n) is 12.3. The summed E-state index contributed by atoms with van der Waals surface area (Å²) in [6.07, 6.45) is 6.15. The van der Waals surface area contributed by atoms with Crippen molar-refractivity contribution in [3.8, 4) is 0 Å². The van der Waals surface area contributed by atoms with Crippen LogP contribution in [0.25, 0.3) is 5.65 Å². The molecule has 0 saturated heterocycles. The first-order valence-corrected chi connectivity index (χ1v) is 7.14. The Morgan fingerprint density at radius 1 is 1.25 bits per heavy atom. The Labute approximate surface area is 119 Å². The monoisotopic (exact) mass is 275 g/mol. The van der Waals surface area contributed by atoms with Crippen molar-refractivity contribution in [3.05, 3.63) is 29.7 Å². The number of rotatable bonds is 6. The molecule has 5 nitrogen and oxygen atoms in total. The molecule has 2 rings (SSSR count). The fraction of sp³-hybridized carbons (Fsp3) is 0.533. The first kappa shape index (κ1) is 14.5. The summed E-state index contributed by atoms with van der Waals surface area (Å²) in [7, 11) is 1.39. The summed E-state index contributed by atoms with van der Waals surface area (Å²) in [6.45, 7) is 4.34. The van der Waals surface area contributed by atoms with Crippen molar-refractivity contribution in [2.75, 3.05) is 7.11 Å². The maximum absolute atomic E-state index is 11.6. The van der Waals surface area contributed by atoms with Gasteiger partial charge in [0.25, 0.3) is 0 Å². The van der Waals surface area contributed by atoms with E-state index in [1.807, 2.05) is 4.40 Å². The van der Waals surface area contributed by atoms with Crippen molar-refractivity contribution in [2.45, 2.75) is 45.4 Å². The van der Waals surface area contributed by atoms with Crippen LogP contribution in [-0.2, 0) is 4.74 Å². The molecule has 2 aromatic heterocycles. The van der Waals surface area contributed by atoms with Crippen molar-refractivity contribution >= 4 is 11.6 Å². The largest absolute Gasteiger partial charge is 0.465 e. The van der Waals surface area contributed by atoms with Gasteiger partial charge in [-0.2, -0.15) is 0 Å². The van der Waals surface area contributed by atoms with Crippen molar-refractivity contribution in [1.29, 1.82) is 0 Å². The van der Waals surface area contributed by atoms with E-state index in [0.717, 1.165) is 37.2 Å². The van der Waals surface area contributed by atoms with Crippen LogP contribution in [0.2, 0.25) is 0 Å².